The summed E-state index contributed by atoms with van der Waals surface area (Å²) >= 11 is 0. The first-order chi connectivity index (χ1) is 9.63. The summed E-state index contributed by atoms with van der Waals surface area (Å²) in [6, 6.07) is 3.66. The average Bonchev–Trinajstić information content (AvgIpc) is 2.89. The lowest BCUT2D eigenvalue weighted by Crippen LogP contribution is -2.08. The van der Waals surface area contributed by atoms with E-state index in [1.807, 2.05) is 12.1 Å². The van der Waals surface area contributed by atoms with Crippen LogP contribution >= 0.6 is 0 Å². The van der Waals surface area contributed by atoms with E-state index >= 15 is 0 Å². The molecule has 0 N–H and O–H groups in total. The maximum atomic E-state index is 11.8. The van der Waals surface area contributed by atoms with Gasteiger partial charge in [-0.05, 0) is 24.5 Å². The normalized spacial score (nSPS) is 10.8. The summed E-state index contributed by atoms with van der Waals surface area (Å²) in [6.07, 6.45) is 4.31. The Morgan fingerprint density at radius 2 is 2.05 bits per heavy atom. The lowest BCUT2D eigenvalue weighted by Gasteiger charge is -2.09. The second-order valence-corrected chi connectivity index (χ2v) is 4.92. The fraction of sp³-hybridized carbons (Fsp3) is 0.429. The molecule has 6 heteroatoms. The molecular formula is C14H18N4O2. The maximum Gasteiger partial charge on any atom is 0.360 e. The molecule has 2 heterocycles. The molecule has 106 valence electrons. The third-order valence-electron chi connectivity index (χ3n) is 2.99. The molecule has 0 aliphatic rings. The van der Waals surface area contributed by atoms with Crippen molar-refractivity contribution < 1.29 is 9.53 Å². The number of carbonyl (C=O) groups excluding carboxylic acids is 1. The van der Waals surface area contributed by atoms with Crippen LogP contribution in [0.15, 0.2) is 24.5 Å². The van der Waals surface area contributed by atoms with Gasteiger partial charge in [-0.15, -0.1) is 5.10 Å². The van der Waals surface area contributed by atoms with Gasteiger partial charge in [0.15, 0.2) is 5.69 Å². The number of methoxy groups -OCH3 is 1. The first-order valence-electron chi connectivity index (χ1n) is 6.55. The summed E-state index contributed by atoms with van der Waals surface area (Å²) in [5, 5.41) is 8.04. The van der Waals surface area contributed by atoms with Crippen molar-refractivity contribution in [2.75, 3.05) is 7.11 Å². The van der Waals surface area contributed by atoms with Gasteiger partial charge in [-0.25, -0.2) is 9.48 Å². The molecule has 2 rings (SSSR count). The highest BCUT2D eigenvalue weighted by molar-refractivity contribution is 5.93. The summed E-state index contributed by atoms with van der Waals surface area (Å²) in [5.74, 6) is 0.0682. The maximum absolute atomic E-state index is 11.8. The number of pyridine rings is 1. The van der Waals surface area contributed by atoms with Crippen LogP contribution in [0.5, 0.6) is 0 Å². The number of hydrogen-bond acceptors (Lipinski definition) is 5. The number of aryl methyl sites for hydroxylation is 1. The Morgan fingerprint density at radius 3 is 2.65 bits per heavy atom. The van der Waals surface area contributed by atoms with Gasteiger partial charge >= 0.3 is 5.97 Å². The van der Waals surface area contributed by atoms with Crippen molar-refractivity contribution in [1.82, 2.24) is 20.0 Å². The van der Waals surface area contributed by atoms with E-state index in [1.165, 1.54) is 7.11 Å². The largest absolute Gasteiger partial charge is 0.464 e. The van der Waals surface area contributed by atoms with Crippen molar-refractivity contribution in [2.24, 2.45) is 5.92 Å². The van der Waals surface area contributed by atoms with Crippen LogP contribution in [0.1, 0.15) is 30.8 Å². The Hall–Kier alpha value is -2.24. The van der Waals surface area contributed by atoms with Crippen molar-refractivity contribution in [3.05, 3.63) is 30.2 Å². The monoisotopic (exact) mass is 274 g/mol. The van der Waals surface area contributed by atoms with Gasteiger partial charge in [0.2, 0.25) is 0 Å². The van der Waals surface area contributed by atoms with E-state index in [1.54, 1.807) is 17.1 Å². The Kier molecular flexibility index (Phi) is 4.45. The smallest absolute Gasteiger partial charge is 0.360 e. The highest BCUT2D eigenvalue weighted by atomic mass is 16.5. The fourth-order valence-corrected chi connectivity index (χ4v) is 1.88. The Balaban J connectivity index is 2.43. The van der Waals surface area contributed by atoms with Crippen molar-refractivity contribution >= 4 is 5.97 Å². The molecule has 2 aromatic heterocycles. The highest BCUT2D eigenvalue weighted by Crippen LogP contribution is 2.22. The molecule has 2 aromatic rings. The van der Waals surface area contributed by atoms with Gasteiger partial charge in [-0.3, -0.25) is 4.98 Å². The van der Waals surface area contributed by atoms with E-state index in [0.717, 1.165) is 12.0 Å². The van der Waals surface area contributed by atoms with E-state index in [0.29, 0.717) is 18.2 Å². The third-order valence-corrected chi connectivity index (χ3v) is 2.99. The first kappa shape index (κ1) is 14.2. The van der Waals surface area contributed by atoms with Crippen LogP contribution in [0.3, 0.4) is 0 Å². The molecule has 0 unspecified atom stereocenters. The van der Waals surface area contributed by atoms with Crippen molar-refractivity contribution in [1.29, 1.82) is 0 Å². The average molecular weight is 274 g/mol. The van der Waals surface area contributed by atoms with E-state index in [4.69, 9.17) is 4.74 Å². The van der Waals surface area contributed by atoms with Crippen LogP contribution in [-0.2, 0) is 11.3 Å². The zero-order valence-electron chi connectivity index (χ0n) is 11.9. The molecule has 6 nitrogen and oxygen atoms in total. The molecule has 0 aliphatic heterocycles. The molecule has 0 aromatic carbocycles. The Morgan fingerprint density at radius 1 is 1.35 bits per heavy atom. The summed E-state index contributed by atoms with van der Waals surface area (Å²) in [4.78, 5) is 15.8. The highest BCUT2D eigenvalue weighted by Gasteiger charge is 2.21. The van der Waals surface area contributed by atoms with Crippen LogP contribution in [0.4, 0.5) is 0 Å². The van der Waals surface area contributed by atoms with Gasteiger partial charge in [-0.2, -0.15) is 0 Å². The molecule has 0 atom stereocenters. The van der Waals surface area contributed by atoms with E-state index in [2.05, 4.69) is 29.1 Å². The van der Waals surface area contributed by atoms with Crippen LogP contribution in [0, 0.1) is 5.92 Å². The van der Waals surface area contributed by atoms with Crippen LogP contribution < -0.4 is 0 Å². The van der Waals surface area contributed by atoms with Crippen LogP contribution in [0.25, 0.3) is 11.3 Å². The van der Waals surface area contributed by atoms with Crippen LogP contribution in [-0.4, -0.2) is 33.1 Å². The lowest BCUT2D eigenvalue weighted by atomic mass is 10.1. The SMILES string of the molecule is COC(=O)c1nnn(CCC(C)C)c1-c1ccncc1. The number of hydrogen-bond donors (Lipinski definition) is 0. The van der Waals surface area contributed by atoms with Crippen molar-refractivity contribution in [3.8, 4) is 11.3 Å². The van der Waals surface area contributed by atoms with Crippen LogP contribution in [0.2, 0.25) is 0 Å². The number of aromatic nitrogens is 4. The summed E-state index contributed by atoms with van der Waals surface area (Å²) in [6.45, 7) is 4.99. The molecule has 0 saturated carbocycles. The topological polar surface area (TPSA) is 69.9 Å². The van der Waals surface area contributed by atoms with Gasteiger partial charge in [-0.1, -0.05) is 19.1 Å². The number of ether oxygens (including phenoxy) is 1. The lowest BCUT2D eigenvalue weighted by molar-refractivity contribution is 0.0595. The standard InChI is InChI=1S/C14H18N4O2/c1-10(2)6-9-18-13(11-4-7-15-8-5-11)12(16-17-18)14(19)20-3/h4-5,7-8,10H,6,9H2,1-3H3. The molecule has 0 aliphatic carbocycles. The van der Waals surface area contributed by atoms with Gasteiger partial charge in [0.25, 0.3) is 0 Å². The predicted molar refractivity (Wildman–Crippen MR) is 74.0 cm³/mol. The number of esters is 1. The summed E-state index contributed by atoms with van der Waals surface area (Å²) < 4.78 is 6.52. The minimum Gasteiger partial charge on any atom is -0.464 e. The molecule has 0 saturated heterocycles. The second-order valence-electron chi connectivity index (χ2n) is 4.92. The molecule has 0 radical (unpaired) electrons. The molecular weight excluding hydrogens is 256 g/mol. The fourth-order valence-electron chi connectivity index (χ4n) is 1.88. The molecule has 20 heavy (non-hydrogen) atoms. The third kappa shape index (κ3) is 3.01. The summed E-state index contributed by atoms with van der Waals surface area (Å²) in [5.41, 5.74) is 1.77. The van der Waals surface area contributed by atoms with E-state index < -0.39 is 5.97 Å². The number of rotatable bonds is 5. The molecule has 0 bridgehead atoms. The number of nitrogens with zero attached hydrogens (tertiary/aromatic N) is 4. The Labute approximate surface area is 117 Å². The van der Waals surface area contributed by atoms with Crippen molar-refractivity contribution in [2.45, 2.75) is 26.8 Å². The van der Waals surface area contributed by atoms with Gasteiger partial charge in [0, 0.05) is 24.5 Å². The van der Waals surface area contributed by atoms with Gasteiger partial charge < -0.3 is 4.74 Å². The second kappa shape index (κ2) is 6.27. The minimum absolute atomic E-state index is 0.238. The Bertz CT molecular complexity index is 578. The molecule has 0 fully saturated rings. The summed E-state index contributed by atoms with van der Waals surface area (Å²) in [7, 11) is 1.34. The van der Waals surface area contributed by atoms with E-state index in [9.17, 15) is 4.79 Å². The first-order valence-corrected chi connectivity index (χ1v) is 6.55. The van der Waals surface area contributed by atoms with Gasteiger partial charge in [0.05, 0.1) is 7.11 Å². The van der Waals surface area contributed by atoms with Gasteiger partial charge in [0.1, 0.15) is 5.69 Å². The zero-order chi connectivity index (χ0) is 14.5. The van der Waals surface area contributed by atoms with Crippen molar-refractivity contribution in [3.63, 3.8) is 0 Å². The number of carbonyl (C=O) groups is 1. The molecule has 0 spiro atoms. The minimum atomic E-state index is -0.479. The molecule has 0 amide bonds. The zero-order valence-corrected chi connectivity index (χ0v) is 11.9. The predicted octanol–water partition coefficient (Wildman–Crippen LogP) is 2.17. The quantitative estimate of drug-likeness (QED) is 0.781. The van der Waals surface area contributed by atoms with E-state index in [-0.39, 0.29) is 5.69 Å².